The van der Waals surface area contributed by atoms with Gasteiger partial charge in [0.2, 0.25) is 16.4 Å². The molecule has 17 heavy (non-hydrogen) atoms. The minimum absolute atomic E-state index is 0.192. The van der Waals surface area contributed by atoms with E-state index in [4.69, 9.17) is 11.6 Å². The van der Waals surface area contributed by atoms with Gasteiger partial charge < -0.3 is 5.32 Å². The smallest absolute Gasteiger partial charge is 0.228 e. The monoisotopic (exact) mass is 287 g/mol. The molecule has 0 aliphatic heterocycles. The van der Waals surface area contributed by atoms with Crippen molar-refractivity contribution in [1.29, 1.82) is 0 Å². The summed E-state index contributed by atoms with van der Waals surface area (Å²) < 4.78 is 0.883. The fraction of sp³-hybridized carbons (Fsp3) is 0.333. The molecular formula is C9H10ClN5S2. The number of thiazole rings is 1. The van der Waals surface area contributed by atoms with Crippen LogP contribution >= 0.6 is 34.7 Å². The molecule has 0 fully saturated rings. The molecule has 8 heteroatoms. The number of anilines is 1. The van der Waals surface area contributed by atoms with Gasteiger partial charge in [-0.3, -0.25) is 0 Å². The predicted molar refractivity (Wildman–Crippen MR) is 69.9 cm³/mol. The van der Waals surface area contributed by atoms with Crippen LogP contribution in [0, 0.1) is 0 Å². The van der Waals surface area contributed by atoms with E-state index >= 15 is 0 Å². The highest BCUT2D eigenvalue weighted by Gasteiger charge is 2.07. The first-order valence-corrected chi connectivity index (χ1v) is 7.08. The topological polar surface area (TPSA) is 63.6 Å². The van der Waals surface area contributed by atoms with E-state index in [1.165, 1.54) is 23.1 Å². The van der Waals surface area contributed by atoms with Crippen molar-refractivity contribution in [2.24, 2.45) is 0 Å². The van der Waals surface area contributed by atoms with Gasteiger partial charge in [0.15, 0.2) is 4.34 Å². The molecule has 0 aromatic carbocycles. The molecule has 0 bridgehead atoms. The number of nitrogens with zero attached hydrogens (tertiary/aromatic N) is 4. The summed E-state index contributed by atoms with van der Waals surface area (Å²) in [7, 11) is 0. The first kappa shape index (κ1) is 12.5. The molecule has 2 rings (SSSR count). The molecule has 0 saturated heterocycles. The SMILES string of the molecule is CCCNc1nc(Cl)nc(Sc2nccs2)n1. The fourth-order valence-corrected chi connectivity index (χ4v) is 2.72. The molecule has 0 saturated carbocycles. The molecular weight excluding hydrogens is 278 g/mol. The van der Waals surface area contributed by atoms with Crippen molar-refractivity contribution in [1.82, 2.24) is 19.9 Å². The van der Waals surface area contributed by atoms with Crippen molar-refractivity contribution in [2.45, 2.75) is 22.8 Å². The van der Waals surface area contributed by atoms with Crippen LogP contribution < -0.4 is 5.32 Å². The van der Waals surface area contributed by atoms with Gasteiger partial charge in [-0.15, -0.1) is 11.3 Å². The van der Waals surface area contributed by atoms with Gasteiger partial charge in [0, 0.05) is 18.1 Å². The second-order valence-electron chi connectivity index (χ2n) is 3.04. The molecule has 0 spiro atoms. The molecule has 2 aromatic rings. The minimum Gasteiger partial charge on any atom is -0.354 e. The number of rotatable bonds is 5. The Labute approximate surface area is 112 Å². The third-order valence-corrected chi connectivity index (χ3v) is 3.63. The fourth-order valence-electron chi connectivity index (χ4n) is 1.03. The van der Waals surface area contributed by atoms with Gasteiger partial charge in [-0.2, -0.15) is 15.0 Å². The van der Waals surface area contributed by atoms with E-state index in [1.54, 1.807) is 6.20 Å². The molecule has 5 nitrogen and oxygen atoms in total. The second-order valence-corrected chi connectivity index (χ2v) is 5.48. The Hall–Kier alpha value is -0.920. The summed E-state index contributed by atoms with van der Waals surface area (Å²) >= 11 is 8.75. The van der Waals surface area contributed by atoms with Crippen molar-refractivity contribution < 1.29 is 0 Å². The Balaban J connectivity index is 2.13. The minimum atomic E-state index is 0.192. The number of hydrogen-bond donors (Lipinski definition) is 1. The standard InChI is InChI=1S/C9H10ClN5S2/c1-2-3-11-7-13-6(10)14-8(15-7)17-9-12-4-5-16-9/h4-5H,2-3H2,1H3,(H,11,13,14,15). The summed E-state index contributed by atoms with van der Waals surface area (Å²) in [5.41, 5.74) is 0. The van der Waals surface area contributed by atoms with Crippen LogP contribution in [0.2, 0.25) is 5.28 Å². The zero-order valence-electron chi connectivity index (χ0n) is 9.05. The van der Waals surface area contributed by atoms with Gasteiger partial charge in [0.05, 0.1) is 0 Å². The van der Waals surface area contributed by atoms with E-state index in [-0.39, 0.29) is 5.28 Å². The summed E-state index contributed by atoms with van der Waals surface area (Å²) in [6.07, 6.45) is 2.74. The molecule has 0 unspecified atom stereocenters. The van der Waals surface area contributed by atoms with E-state index in [1.807, 2.05) is 5.38 Å². The zero-order valence-corrected chi connectivity index (χ0v) is 11.4. The maximum Gasteiger partial charge on any atom is 0.228 e. The van der Waals surface area contributed by atoms with E-state index < -0.39 is 0 Å². The number of hydrogen-bond acceptors (Lipinski definition) is 7. The van der Waals surface area contributed by atoms with Crippen LogP contribution in [-0.2, 0) is 0 Å². The van der Waals surface area contributed by atoms with Gasteiger partial charge in [0.25, 0.3) is 0 Å². The quantitative estimate of drug-likeness (QED) is 0.912. The molecule has 90 valence electrons. The highest BCUT2D eigenvalue weighted by molar-refractivity contribution is 8.00. The molecule has 0 aliphatic rings. The van der Waals surface area contributed by atoms with E-state index in [2.05, 4.69) is 32.2 Å². The highest BCUT2D eigenvalue weighted by Crippen LogP contribution is 2.27. The summed E-state index contributed by atoms with van der Waals surface area (Å²) in [5.74, 6) is 0.505. The molecule has 0 radical (unpaired) electrons. The lowest BCUT2D eigenvalue weighted by Gasteiger charge is -2.04. The van der Waals surface area contributed by atoms with Crippen LogP contribution in [-0.4, -0.2) is 26.5 Å². The lowest BCUT2D eigenvalue weighted by molar-refractivity contribution is 0.877. The average molecular weight is 288 g/mol. The molecule has 0 aliphatic carbocycles. The van der Waals surface area contributed by atoms with E-state index in [0.29, 0.717) is 11.1 Å². The maximum atomic E-state index is 5.84. The Morgan fingerprint density at radius 3 is 3.00 bits per heavy atom. The van der Waals surface area contributed by atoms with Crippen molar-refractivity contribution in [3.8, 4) is 0 Å². The van der Waals surface area contributed by atoms with Crippen molar-refractivity contribution >= 4 is 40.6 Å². The summed E-state index contributed by atoms with van der Waals surface area (Å²) in [4.78, 5) is 16.5. The van der Waals surface area contributed by atoms with Crippen LogP contribution in [0.1, 0.15) is 13.3 Å². The lowest BCUT2D eigenvalue weighted by atomic mass is 10.5. The van der Waals surface area contributed by atoms with Gasteiger partial charge in [-0.05, 0) is 29.8 Å². The molecule has 2 heterocycles. The highest BCUT2D eigenvalue weighted by atomic mass is 35.5. The third kappa shape index (κ3) is 3.79. The van der Waals surface area contributed by atoms with E-state index in [0.717, 1.165) is 17.3 Å². The normalized spacial score (nSPS) is 10.5. The average Bonchev–Trinajstić information content (AvgIpc) is 2.78. The summed E-state index contributed by atoms with van der Waals surface area (Å²) in [5, 5.41) is 5.73. The van der Waals surface area contributed by atoms with Gasteiger partial charge in [0.1, 0.15) is 0 Å². The Bertz CT molecular complexity index is 476. The van der Waals surface area contributed by atoms with E-state index in [9.17, 15) is 0 Å². The molecule has 2 aromatic heterocycles. The largest absolute Gasteiger partial charge is 0.354 e. The van der Waals surface area contributed by atoms with Crippen LogP contribution in [0.4, 0.5) is 5.95 Å². The van der Waals surface area contributed by atoms with Crippen LogP contribution in [0.5, 0.6) is 0 Å². The lowest BCUT2D eigenvalue weighted by Crippen LogP contribution is -2.06. The molecule has 1 N–H and O–H groups in total. The van der Waals surface area contributed by atoms with Crippen LogP contribution in [0.15, 0.2) is 21.1 Å². The van der Waals surface area contributed by atoms with Gasteiger partial charge in [-0.1, -0.05) is 6.92 Å². The zero-order chi connectivity index (χ0) is 12.1. The molecule has 0 amide bonds. The Kier molecular flexibility index (Phi) is 4.52. The van der Waals surface area contributed by atoms with Gasteiger partial charge in [-0.25, -0.2) is 4.98 Å². The first-order valence-electron chi connectivity index (χ1n) is 5.00. The van der Waals surface area contributed by atoms with Crippen molar-refractivity contribution in [3.05, 3.63) is 16.9 Å². The Morgan fingerprint density at radius 2 is 2.29 bits per heavy atom. The number of nitrogens with one attached hydrogen (secondary N) is 1. The van der Waals surface area contributed by atoms with Gasteiger partial charge >= 0.3 is 0 Å². The molecule has 0 atom stereocenters. The van der Waals surface area contributed by atoms with Crippen LogP contribution in [0.25, 0.3) is 0 Å². The summed E-state index contributed by atoms with van der Waals surface area (Å²) in [6.45, 7) is 2.88. The third-order valence-electron chi connectivity index (χ3n) is 1.71. The number of halogens is 1. The predicted octanol–water partition coefficient (Wildman–Crippen LogP) is 2.95. The summed E-state index contributed by atoms with van der Waals surface area (Å²) in [6, 6.07) is 0. The number of aromatic nitrogens is 4. The van der Waals surface area contributed by atoms with Crippen molar-refractivity contribution in [3.63, 3.8) is 0 Å². The second kappa shape index (κ2) is 6.13. The maximum absolute atomic E-state index is 5.84. The van der Waals surface area contributed by atoms with Crippen LogP contribution in [0.3, 0.4) is 0 Å². The Morgan fingerprint density at radius 1 is 1.41 bits per heavy atom. The first-order chi connectivity index (χ1) is 8.28. The van der Waals surface area contributed by atoms with Crippen molar-refractivity contribution in [2.75, 3.05) is 11.9 Å².